The van der Waals surface area contributed by atoms with Crippen LogP contribution in [0.2, 0.25) is 0 Å². The molecule has 0 amide bonds. The zero-order valence-corrected chi connectivity index (χ0v) is 27.7. The first-order valence-electron chi connectivity index (χ1n) is 17.5. The summed E-state index contributed by atoms with van der Waals surface area (Å²) in [4.78, 5) is 0. The standard InChI is InChI=1S/C48H31N3/c1-8-22-41-33(15-1)34-16-2-9-23-42(34)49(41)32-29-30-48-40(31-32)39-21-7-14-28-47(39)51(48)46-27-13-6-20-38(46)37-19-5-12-26-45(37)50-43-24-10-3-17-35(43)36-18-4-11-25-44(36)50/h1-31H. The van der Waals surface area contributed by atoms with Crippen molar-refractivity contribution in [1.29, 1.82) is 0 Å². The second-order valence-electron chi connectivity index (χ2n) is 13.3. The number of fused-ring (bicyclic) bond motifs is 9. The number of nitrogens with zero attached hydrogens (tertiary/aromatic N) is 3. The third kappa shape index (κ3) is 4.00. The minimum atomic E-state index is 1.15. The SMILES string of the molecule is c1ccc(-n2c3ccccc3c3ccccc32)c(-c2ccccc2-n2c3ccccc3c3cc(-n4c5ccccc5c5ccccc54)ccc32)c1. The van der Waals surface area contributed by atoms with Gasteiger partial charge in [0, 0.05) is 49.1 Å². The van der Waals surface area contributed by atoms with Crippen LogP contribution in [-0.4, -0.2) is 13.7 Å². The zero-order chi connectivity index (χ0) is 33.5. The van der Waals surface area contributed by atoms with Crippen molar-refractivity contribution in [2.24, 2.45) is 0 Å². The van der Waals surface area contributed by atoms with E-state index < -0.39 is 0 Å². The lowest BCUT2D eigenvalue weighted by Gasteiger charge is -2.18. The van der Waals surface area contributed by atoms with Gasteiger partial charge in [0.25, 0.3) is 0 Å². The Bertz CT molecular complexity index is 3040. The number of benzene rings is 8. The lowest BCUT2D eigenvalue weighted by atomic mass is 10.0. The Labute approximate surface area is 294 Å². The van der Waals surface area contributed by atoms with Crippen molar-refractivity contribution in [3.05, 3.63) is 188 Å². The van der Waals surface area contributed by atoms with Gasteiger partial charge in [0.05, 0.1) is 44.5 Å². The van der Waals surface area contributed by atoms with E-state index in [-0.39, 0.29) is 0 Å². The summed E-state index contributed by atoms with van der Waals surface area (Å²) in [5.74, 6) is 0. The number of aromatic nitrogens is 3. The van der Waals surface area contributed by atoms with Crippen LogP contribution in [-0.2, 0) is 0 Å². The van der Waals surface area contributed by atoms with Gasteiger partial charge >= 0.3 is 0 Å². The van der Waals surface area contributed by atoms with Crippen LogP contribution in [0.5, 0.6) is 0 Å². The molecule has 11 aromatic rings. The van der Waals surface area contributed by atoms with Gasteiger partial charge in [-0.3, -0.25) is 0 Å². The highest BCUT2D eigenvalue weighted by atomic mass is 15.0. The molecule has 0 radical (unpaired) electrons. The van der Waals surface area contributed by atoms with Crippen LogP contribution in [0.25, 0.3) is 93.6 Å². The molecule has 0 aliphatic rings. The molecule has 0 aliphatic carbocycles. The highest BCUT2D eigenvalue weighted by Gasteiger charge is 2.20. The maximum Gasteiger partial charge on any atom is 0.0542 e. The molecule has 0 atom stereocenters. The van der Waals surface area contributed by atoms with Crippen molar-refractivity contribution in [2.75, 3.05) is 0 Å². The molecule has 11 rings (SSSR count). The summed E-state index contributed by atoms with van der Waals surface area (Å²) in [7, 11) is 0. The van der Waals surface area contributed by atoms with Crippen LogP contribution in [0.3, 0.4) is 0 Å². The van der Waals surface area contributed by atoms with Gasteiger partial charge in [-0.25, -0.2) is 0 Å². The molecular weight excluding hydrogens is 619 g/mol. The predicted molar refractivity (Wildman–Crippen MR) is 215 cm³/mol. The summed E-state index contributed by atoms with van der Waals surface area (Å²) in [5, 5.41) is 7.53. The van der Waals surface area contributed by atoms with Gasteiger partial charge in [-0.2, -0.15) is 0 Å². The Balaban J connectivity index is 1.17. The summed E-state index contributed by atoms with van der Waals surface area (Å²) < 4.78 is 7.30. The summed E-state index contributed by atoms with van der Waals surface area (Å²) in [6.07, 6.45) is 0. The molecular formula is C48H31N3. The molecule has 238 valence electrons. The van der Waals surface area contributed by atoms with E-state index in [4.69, 9.17) is 0 Å². The fourth-order valence-electron chi connectivity index (χ4n) is 8.54. The fraction of sp³-hybridized carbons (Fsp3) is 0. The number of rotatable bonds is 4. The lowest BCUT2D eigenvalue weighted by Crippen LogP contribution is -2.01. The molecule has 0 bridgehead atoms. The van der Waals surface area contributed by atoms with Gasteiger partial charge in [0.2, 0.25) is 0 Å². The molecule has 3 heteroatoms. The molecule has 0 aliphatic heterocycles. The van der Waals surface area contributed by atoms with Crippen molar-refractivity contribution >= 4 is 65.4 Å². The molecule has 3 heterocycles. The molecule has 3 aromatic heterocycles. The normalized spacial score (nSPS) is 11.9. The van der Waals surface area contributed by atoms with Gasteiger partial charge in [-0.05, 0) is 60.7 Å². The monoisotopic (exact) mass is 649 g/mol. The highest BCUT2D eigenvalue weighted by molar-refractivity contribution is 6.13. The molecule has 0 unspecified atom stereocenters. The van der Waals surface area contributed by atoms with E-state index in [2.05, 4.69) is 202 Å². The van der Waals surface area contributed by atoms with Crippen molar-refractivity contribution in [2.45, 2.75) is 0 Å². The number of para-hydroxylation sites is 7. The summed E-state index contributed by atoms with van der Waals surface area (Å²) >= 11 is 0. The fourth-order valence-corrected chi connectivity index (χ4v) is 8.54. The maximum absolute atomic E-state index is 2.46. The van der Waals surface area contributed by atoms with Gasteiger partial charge in [0.1, 0.15) is 0 Å². The van der Waals surface area contributed by atoms with Gasteiger partial charge in [-0.15, -0.1) is 0 Å². The van der Waals surface area contributed by atoms with E-state index in [0.29, 0.717) is 0 Å². The minimum absolute atomic E-state index is 1.15. The summed E-state index contributed by atoms with van der Waals surface area (Å²) in [6.45, 7) is 0. The zero-order valence-electron chi connectivity index (χ0n) is 27.7. The highest BCUT2D eigenvalue weighted by Crippen LogP contribution is 2.41. The van der Waals surface area contributed by atoms with Crippen LogP contribution in [0.15, 0.2) is 188 Å². The van der Waals surface area contributed by atoms with Crippen LogP contribution < -0.4 is 0 Å². The average molecular weight is 650 g/mol. The molecule has 3 nitrogen and oxygen atoms in total. The smallest absolute Gasteiger partial charge is 0.0542 e. The van der Waals surface area contributed by atoms with E-state index >= 15 is 0 Å². The molecule has 0 saturated heterocycles. The number of hydrogen-bond donors (Lipinski definition) is 0. The van der Waals surface area contributed by atoms with Gasteiger partial charge in [-0.1, -0.05) is 127 Å². The van der Waals surface area contributed by atoms with Crippen molar-refractivity contribution in [3.8, 4) is 28.2 Å². The van der Waals surface area contributed by atoms with Crippen molar-refractivity contribution in [3.63, 3.8) is 0 Å². The van der Waals surface area contributed by atoms with E-state index in [1.54, 1.807) is 0 Å². The first-order chi connectivity index (χ1) is 25.3. The van der Waals surface area contributed by atoms with Crippen molar-refractivity contribution < 1.29 is 0 Å². The van der Waals surface area contributed by atoms with Crippen molar-refractivity contribution in [1.82, 2.24) is 13.7 Å². The van der Waals surface area contributed by atoms with Gasteiger partial charge in [0.15, 0.2) is 0 Å². The topological polar surface area (TPSA) is 14.8 Å². The average Bonchev–Trinajstić information content (AvgIpc) is 3.83. The van der Waals surface area contributed by atoms with E-state index in [9.17, 15) is 0 Å². The molecule has 0 saturated carbocycles. The Morgan fingerprint density at radius 2 is 0.549 bits per heavy atom. The second-order valence-corrected chi connectivity index (χ2v) is 13.3. The van der Waals surface area contributed by atoms with E-state index in [0.717, 1.165) is 17.1 Å². The Hall–Kier alpha value is -6.84. The molecule has 51 heavy (non-hydrogen) atoms. The van der Waals surface area contributed by atoms with Crippen LogP contribution >= 0.6 is 0 Å². The Morgan fingerprint density at radius 1 is 0.235 bits per heavy atom. The minimum Gasteiger partial charge on any atom is -0.309 e. The summed E-state index contributed by atoms with van der Waals surface area (Å²) in [5.41, 5.74) is 13.1. The largest absolute Gasteiger partial charge is 0.309 e. The van der Waals surface area contributed by atoms with Gasteiger partial charge < -0.3 is 13.7 Å². The number of hydrogen-bond acceptors (Lipinski definition) is 0. The quantitative estimate of drug-likeness (QED) is 0.180. The first kappa shape index (κ1) is 28.0. The van der Waals surface area contributed by atoms with Crippen LogP contribution in [0, 0.1) is 0 Å². The lowest BCUT2D eigenvalue weighted by molar-refractivity contribution is 1.15. The third-order valence-electron chi connectivity index (χ3n) is 10.7. The third-order valence-corrected chi connectivity index (χ3v) is 10.7. The maximum atomic E-state index is 2.46. The Kier molecular flexibility index (Phi) is 5.96. The first-order valence-corrected chi connectivity index (χ1v) is 17.5. The van der Waals surface area contributed by atoms with Crippen LogP contribution in [0.1, 0.15) is 0 Å². The molecule has 8 aromatic carbocycles. The second kappa shape index (κ2) is 10.8. The predicted octanol–water partition coefficient (Wildman–Crippen LogP) is 12.6. The molecule has 0 N–H and O–H groups in total. The molecule has 0 fully saturated rings. The summed E-state index contributed by atoms with van der Waals surface area (Å²) in [6, 6.07) is 68.4. The van der Waals surface area contributed by atoms with E-state index in [1.165, 1.54) is 76.5 Å². The molecule has 0 spiro atoms. The van der Waals surface area contributed by atoms with Crippen LogP contribution in [0.4, 0.5) is 0 Å². The van der Waals surface area contributed by atoms with E-state index in [1.807, 2.05) is 0 Å². The Morgan fingerprint density at radius 3 is 0.980 bits per heavy atom.